The maximum Gasteiger partial charge on any atom is 0.303 e. The van der Waals surface area contributed by atoms with Gasteiger partial charge in [0.05, 0.1) is 5.92 Å². The Hall–Kier alpha value is -9.16. The summed E-state index contributed by atoms with van der Waals surface area (Å²) in [6, 6.07) is 56.1. The van der Waals surface area contributed by atoms with Crippen LogP contribution in [0.2, 0.25) is 0 Å². The number of likely N-dealkylation sites (tertiary alicyclic amines) is 4. The van der Waals surface area contributed by atoms with Gasteiger partial charge in [-0.25, -0.2) is 0 Å². The number of carbonyl (C=O) groups excluding carboxylic acids is 8. The molecule has 520 valence electrons. The summed E-state index contributed by atoms with van der Waals surface area (Å²) < 4.78 is 10.5. The van der Waals surface area contributed by atoms with Crippen molar-refractivity contribution in [3.63, 3.8) is 0 Å². The van der Waals surface area contributed by atoms with Crippen molar-refractivity contribution in [1.29, 1.82) is 0 Å². The van der Waals surface area contributed by atoms with Gasteiger partial charge in [-0.1, -0.05) is 170 Å². The molecular formula is C76H94N10O12. The minimum atomic E-state index is -1.78. The molecule has 8 N–H and O–H groups in total. The van der Waals surface area contributed by atoms with Crippen LogP contribution in [-0.4, -0.2) is 177 Å². The van der Waals surface area contributed by atoms with Crippen LogP contribution < -0.4 is 22.1 Å². The third kappa shape index (κ3) is 21.7. The van der Waals surface area contributed by atoms with Crippen molar-refractivity contribution in [3.05, 3.63) is 214 Å². The second kappa shape index (κ2) is 36.4. The van der Waals surface area contributed by atoms with E-state index in [0.29, 0.717) is 52.4 Å². The molecule has 6 amide bonds. The number of nitrogens with zero attached hydrogens (tertiary/aromatic N) is 6. The zero-order valence-electron chi connectivity index (χ0n) is 56.2. The standard InChI is InChI=1S/C28H33N3O6.C24H29N3O4.C12H14N2O2.C12H18N2/c1-19(32)36-25(26(37-20(2)33)28(35)31-17-23-10-6-7-11-24(23)18-31)27(34)29-14-22-12-13-30(16-22)15-21-8-4-3-5-9-21;28-21(22(29)24(31)27-15-19-8-4-5-9-20(19)16-27)23(30)25-12-18-10-11-26(14-18)13-17-6-2-1-3-7-17;13-12(16)10-6-11(15)14(8-10)7-9-4-2-1-3-5-9;13-8-12-6-7-14(10-12)9-11-4-2-1-3-5-11/h3-11,22,25-26H,12-18H2,1-2H3,(H,29,34);1-9,18,21-22,28-29H,10-16H2,(H,25,30);1-5,10H,6-8H2,(H2,13,16);1-5,12H,6-10,13H2/t22?,25-,26-;18?,21-,22-;;/m11../s1. The lowest BCUT2D eigenvalue weighted by Gasteiger charge is -2.28. The minimum absolute atomic E-state index is 0.00709. The largest absolute Gasteiger partial charge is 0.448 e. The summed E-state index contributed by atoms with van der Waals surface area (Å²) in [5.74, 6) is -3.56. The number of ether oxygens (including phenoxy) is 2. The molecule has 6 aliphatic heterocycles. The van der Waals surface area contributed by atoms with Crippen LogP contribution in [0.4, 0.5) is 0 Å². The highest BCUT2D eigenvalue weighted by Gasteiger charge is 2.43. The lowest BCUT2D eigenvalue weighted by atomic mass is 10.1. The van der Waals surface area contributed by atoms with E-state index in [1.165, 1.54) is 46.0 Å². The zero-order valence-corrected chi connectivity index (χ0v) is 56.2. The van der Waals surface area contributed by atoms with Crippen LogP contribution in [-0.2, 0) is 100 Å². The lowest BCUT2D eigenvalue weighted by Crippen LogP contribution is -2.53. The topological polar surface area (TPSA) is 291 Å². The maximum atomic E-state index is 13.4. The van der Waals surface area contributed by atoms with E-state index in [2.05, 4.69) is 79.9 Å². The van der Waals surface area contributed by atoms with Gasteiger partial charge in [0.1, 0.15) is 0 Å². The number of hydrogen-bond donors (Lipinski definition) is 6. The van der Waals surface area contributed by atoms with Gasteiger partial charge >= 0.3 is 11.9 Å². The first-order valence-corrected chi connectivity index (χ1v) is 33.9. The summed E-state index contributed by atoms with van der Waals surface area (Å²) in [7, 11) is 0. The molecule has 4 unspecified atom stereocenters. The van der Waals surface area contributed by atoms with Gasteiger partial charge in [-0.2, -0.15) is 0 Å². The highest BCUT2D eigenvalue weighted by Crippen LogP contribution is 2.28. The molecule has 0 aromatic heterocycles. The molecule has 6 aromatic carbocycles. The molecule has 0 bridgehead atoms. The number of carbonyl (C=O) groups is 8. The SMILES string of the molecule is CC(=O)O[C@@H](C(=O)NCC1CCN(Cc2ccccc2)C1)[C@@H](OC(C)=O)C(=O)N1Cc2ccccc2C1.NC(=O)C1CC(=O)N(Cc2ccccc2)C1.NCC1CCN(Cc2ccccc2)C1.O=C(NCC1CCN(Cc2ccccc2)C1)[C@H](O)[C@@H](O)C(=O)N1Cc2ccccc2C1. The van der Waals surface area contributed by atoms with Crippen molar-refractivity contribution in [1.82, 2.24) is 40.0 Å². The molecule has 0 saturated carbocycles. The quantitative estimate of drug-likeness (QED) is 0.0493. The summed E-state index contributed by atoms with van der Waals surface area (Å²) in [5, 5.41) is 26.1. The second-order valence-corrected chi connectivity index (χ2v) is 26.3. The third-order valence-electron chi connectivity index (χ3n) is 18.6. The maximum absolute atomic E-state index is 13.4. The first-order chi connectivity index (χ1) is 47.3. The van der Waals surface area contributed by atoms with Crippen LogP contribution in [0, 0.1) is 23.7 Å². The van der Waals surface area contributed by atoms with Crippen LogP contribution in [0.1, 0.15) is 84.0 Å². The number of fused-ring (bicyclic) bond motifs is 2. The summed E-state index contributed by atoms with van der Waals surface area (Å²) in [5.41, 5.74) is 19.8. The van der Waals surface area contributed by atoms with Crippen LogP contribution in [0.15, 0.2) is 170 Å². The number of nitrogens with two attached hydrogens (primary N) is 2. The molecular weight excluding hydrogens is 1240 g/mol. The van der Waals surface area contributed by atoms with E-state index < -0.39 is 60.0 Å². The molecule has 6 aromatic rings. The Morgan fingerprint density at radius 2 is 0.827 bits per heavy atom. The summed E-state index contributed by atoms with van der Waals surface area (Å²) in [6.07, 6.45) is -3.33. The molecule has 22 heteroatoms. The average Bonchev–Trinajstić information content (AvgIpc) is 1.62. The van der Waals surface area contributed by atoms with E-state index in [1.54, 1.807) is 4.90 Å². The van der Waals surface area contributed by atoms with Gasteiger partial charge in [-0.3, -0.25) is 53.1 Å². The van der Waals surface area contributed by atoms with Gasteiger partial charge in [0, 0.05) is 112 Å². The second-order valence-electron chi connectivity index (χ2n) is 26.3. The van der Waals surface area contributed by atoms with Crippen LogP contribution in [0.25, 0.3) is 0 Å². The Morgan fingerprint density at radius 1 is 0.469 bits per heavy atom. The van der Waals surface area contributed by atoms with Crippen molar-refractivity contribution < 1.29 is 58.0 Å². The molecule has 8 atom stereocenters. The fourth-order valence-electron chi connectivity index (χ4n) is 13.3. The van der Waals surface area contributed by atoms with Crippen molar-refractivity contribution in [3.8, 4) is 0 Å². The van der Waals surface area contributed by atoms with E-state index in [9.17, 15) is 48.6 Å². The Bertz CT molecular complexity index is 3560. The number of amides is 6. The summed E-state index contributed by atoms with van der Waals surface area (Å²) >= 11 is 0. The first kappa shape index (κ1) is 73.1. The van der Waals surface area contributed by atoms with Crippen LogP contribution >= 0.6 is 0 Å². The molecule has 0 aliphatic carbocycles. The van der Waals surface area contributed by atoms with Gasteiger partial charge in [-0.15, -0.1) is 0 Å². The molecule has 0 radical (unpaired) electrons. The number of esters is 2. The predicted octanol–water partition coefficient (Wildman–Crippen LogP) is 4.91. The molecule has 4 saturated heterocycles. The van der Waals surface area contributed by atoms with E-state index in [4.69, 9.17) is 20.9 Å². The fourth-order valence-corrected chi connectivity index (χ4v) is 13.3. The first-order valence-electron chi connectivity index (χ1n) is 33.9. The molecule has 98 heavy (non-hydrogen) atoms. The Balaban J connectivity index is 0.000000164. The highest BCUT2D eigenvalue weighted by atomic mass is 16.6. The van der Waals surface area contributed by atoms with Crippen molar-refractivity contribution >= 4 is 47.4 Å². The van der Waals surface area contributed by atoms with E-state index in [-0.39, 0.29) is 36.0 Å². The molecule has 6 aliphatic rings. The van der Waals surface area contributed by atoms with Crippen LogP contribution in [0.5, 0.6) is 0 Å². The van der Waals surface area contributed by atoms with Gasteiger partial charge in [-0.05, 0) is 108 Å². The van der Waals surface area contributed by atoms with Crippen molar-refractivity contribution in [2.24, 2.45) is 35.1 Å². The minimum Gasteiger partial charge on any atom is -0.448 e. The molecule has 6 heterocycles. The Morgan fingerprint density at radius 3 is 1.20 bits per heavy atom. The zero-order chi connectivity index (χ0) is 69.5. The van der Waals surface area contributed by atoms with Gasteiger partial charge in [0.25, 0.3) is 23.6 Å². The smallest absolute Gasteiger partial charge is 0.303 e. The summed E-state index contributed by atoms with van der Waals surface area (Å²) in [4.78, 5) is 110. The third-order valence-corrected chi connectivity index (χ3v) is 18.6. The van der Waals surface area contributed by atoms with E-state index in [0.717, 1.165) is 113 Å². The molecule has 22 nitrogen and oxygen atoms in total. The number of aliphatic hydroxyl groups is 2. The number of benzene rings is 6. The normalized spacial score (nSPS) is 20.0. The predicted molar refractivity (Wildman–Crippen MR) is 368 cm³/mol. The van der Waals surface area contributed by atoms with E-state index in [1.807, 2.05) is 115 Å². The summed E-state index contributed by atoms with van der Waals surface area (Å²) in [6.45, 7) is 15.0. The number of aliphatic hydroxyl groups excluding tert-OH is 2. The lowest BCUT2D eigenvalue weighted by molar-refractivity contribution is -0.178. The molecule has 4 fully saturated rings. The highest BCUT2D eigenvalue weighted by molar-refractivity contribution is 5.94. The number of primary amides is 1. The molecule has 0 spiro atoms. The molecule has 12 rings (SSSR count). The Kier molecular flexibility index (Phi) is 27.2. The van der Waals surface area contributed by atoms with Gasteiger partial charge in [0.2, 0.25) is 24.0 Å². The number of rotatable bonds is 22. The average molecular weight is 1340 g/mol. The van der Waals surface area contributed by atoms with Crippen molar-refractivity contribution in [2.45, 2.75) is 116 Å². The van der Waals surface area contributed by atoms with E-state index >= 15 is 0 Å². The number of hydrogen-bond acceptors (Lipinski definition) is 16. The van der Waals surface area contributed by atoms with Gasteiger partial charge in [0.15, 0.2) is 12.2 Å². The number of nitrogens with one attached hydrogen (secondary N) is 2. The Labute approximate surface area is 574 Å². The van der Waals surface area contributed by atoms with Crippen LogP contribution in [0.3, 0.4) is 0 Å². The fraction of sp³-hybridized carbons (Fsp3) is 0.421. The van der Waals surface area contributed by atoms with Gasteiger partial charge < -0.3 is 56.5 Å². The monoisotopic (exact) mass is 1340 g/mol. The van der Waals surface area contributed by atoms with Crippen molar-refractivity contribution in [2.75, 3.05) is 65.4 Å².